The second kappa shape index (κ2) is 6.96. The van der Waals surface area contributed by atoms with Crippen LogP contribution in [0.15, 0.2) is 54.6 Å². The van der Waals surface area contributed by atoms with Gasteiger partial charge >= 0.3 is 11.9 Å². The van der Waals surface area contributed by atoms with E-state index in [1.807, 2.05) is 30.3 Å². The minimum atomic E-state index is -1.84. The van der Waals surface area contributed by atoms with Crippen molar-refractivity contribution >= 4 is 11.9 Å². The van der Waals surface area contributed by atoms with Crippen LogP contribution >= 0.6 is 0 Å². The van der Waals surface area contributed by atoms with Crippen molar-refractivity contribution in [2.45, 2.75) is 20.0 Å². The Hall–Kier alpha value is -2.82. The summed E-state index contributed by atoms with van der Waals surface area (Å²) in [7, 11) is 0. The van der Waals surface area contributed by atoms with Crippen molar-refractivity contribution in [3.8, 4) is 5.75 Å². The number of carboxylic acid groups (broad SMARTS) is 2. The van der Waals surface area contributed by atoms with Gasteiger partial charge in [-0.25, -0.2) is 0 Å². The van der Waals surface area contributed by atoms with Gasteiger partial charge in [0, 0.05) is 0 Å². The lowest BCUT2D eigenvalue weighted by Gasteiger charge is -2.19. The Kier molecular flexibility index (Phi) is 5.01. The molecule has 0 saturated carbocycles. The van der Waals surface area contributed by atoms with Crippen LogP contribution in [0.4, 0.5) is 0 Å². The van der Waals surface area contributed by atoms with Gasteiger partial charge in [-0.2, -0.15) is 0 Å². The zero-order chi connectivity index (χ0) is 16.9. The first-order chi connectivity index (χ1) is 10.9. The van der Waals surface area contributed by atoms with Gasteiger partial charge in [0.15, 0.2) is 5.41 Å². The molecule has 120 valence electrons. The molecule has 0 fully saturated rings. The van der Waals surface area contributed by atoms with E-state index in [-0.39, 0.29) is 6.42 Å². The number of hydrogen-bond acceptors (Lipinski definition) is 3. The predicted molar refractivity (Wildman–Crippen MR) is 84.3 cm³/mol. The maximum Gasteiger partial charge on any atom is 0.321 e. The van der Waals surface area contributed by atoms with Gasteiger partial charge in [0.25, 0.3) is 0 Å². The average molecular weight is 314 g/mol. The van der Waals surface area contributed by atoms with Crippen LogP contribution < -0.4 is 4.74 Å². The normalized spacial score (nSPS) is 11.0. The number of rotatable bonds is 7. The van der Waals surface area contributed by atoms with Crippen LogP contribution in [-0.2, 0) is 22.6 Å². The van der Waals surface area contributed by atoms with E-state index >= 15 is 0 Å². The highest BCUT2D eigenvalue weighted by Crippen LogP contribution is 2.25. The molecule has 2 aromatic carbocycles. The van der Waals surface area contributed by atoms with Gasteiger partial charge in [0.2, 0.25) is 0 Å². The van der Waals surface area contributed by atoms with Gasteiger partial charge in [-0.1, -0.05) is 42.5 Å². The number of carboxylic acids is 2. The highest BCUT2D eigenvalue weighted by Gasteiger charge is 2.41. The first-order valence-corrected chi connectivity index (χ1v) is 7.14. The number of carbonyl (C=O) groups is 2. The van der Waals surface area contributed by atoms with E-state index in [0.29, 0.717) is 17.9 Å². The van der Waals surface area contributed by atoms with Gasteiger partial charge in [-0.3, -0.25) is 9.59 Å². The van der Waals surface area contributed by atoms with Crippen LogP contribution in [-0.4, -0.2) is 22.2 Å². The summed E-state index contributed by atoms with van der Waals surface area (Å²) in [5, 5.41) is 18.2. The molecule has 0 heterocycles. The second-order valence-corrected chi connectivity index (χ2v) is 5.54. The molecular formula is C18H18O5. The number of hydrogen-bond donors (Lipinski definition) is 2. The first-order valence-electron chi connectivity index (χ1n) is 7.14. The minimum absolute atomic E-state index is 0.0867. The van der Waals surface area contributed by atoms with Crippen molar-refractivity contribution in [2.75, 3.05) is 0 Å². The molecule has 0 aromatic heterocycles. The third kappa shape index (κ3) is 4.10. The van der Waals surface area contributed by atoms with E-state index in [4.69, 9.17) is 14.9 Å². The molecule has 23 heavy (non-hydrogen) atoms. The fraction of sp³-hybridized carbons (Fsp3) is 0.222. The van der Waals surface area contributed by atoms with E-state index in [0.717, 1.165) is 5.56 Å². The summed E-state index contributed by atoms with van der Waals surface area (Å²) >= 11 is 0. The summed E-state index contributed by atoms with van der Waals surface area (Å²) in [6.45, 7) is 1.64. The highest BCUT2D eigenvalue weighted by atomic mass is 16.5. The number of benzene rings is 2. The molecule has 0 amide bonds. The van der Waals surface area contributed by atoms with Crippen molar-refractivity contribution in [3.63, 3.8) is 0 Å². The monoisotopic (exact) mass is 314 g/mol. The van der Waals surface area contributed by atoms with Crippen molar-refractivity contribution in [2.24, 2.45) is 5.41 Å². The molecule has 0 aliphatic carbocycles. The average Bonchev–Trinajstić information content (AvgIpc) is 2.54. The van der Waals surface area contributed by atoms with Crippen molar-refractivity contribution in [1.29, 1.82) is 0 Å². The van der Waals surface area contributed by atoms with Crippen LogP contribution in [0.2, 0.25) is 0 Å². The van der Waals surface area contributed by atoms with Gasteiger partial charge in [-0.05, 0) is 36.6 Å². The molecule has 0 bridgehead atoms. The summed E-state index contributed by atoms with van der Waals surface area (Å²) < 4.78 is 5.64. The molecule has 0 saturated heterocycles. The molecule has 0 atom stereocenters. The number of ether oxygens (including phenoxy) is 1. The van der Waals surface area contributed by atoms with Gasteiger partial charge in [0.05, 0.1) is 0 Å². The quantitative estimate of drug-likeness (QED) is 0.768. The minimum Gasteiger partial charge on any atom is -0.489 e. The van der Waals surface area contributed by atoms with Gasteiger partial charge < -0.3 is 14.9 Å². The van der Waals surface area contributed by atoms with Crippen LogP contribution in [0.25, 0.3) is 0 Å². The van der Waals surface area contributed by atoms with Gasteiger partial charge in [-0.15, -0.1) is 0 Å². The third-order valence-electron chi connectivity index (χ3n) is 3.67. The fourth-order valence-corrected chi connectivity index (χ4v) is 2.10. The molecule has 0 aliphatic heterocycles. The largest absolute Gasteiger partial charge is 0.489 e. The SMILES string of the molecule is CC(Cc1ccc(OCc2ccccc2)cc1)(C(=O)O)C(=O)O. The van der Waals surface area contributed by atoms with E-state index in [1.165, 1.54) is 6.92 Å². The molecule has 0 radical (unpaired) electrons. The zero-order valence-electron chi connectivity index (χ0n) is 12.7. The molecule has 0 spiro atoms. The van der Waals surface area contributed by atoms with Gasteiger partial charge in [0.1, 0.15) is 12.4 Å². The smallest absolute Gasteiger partial charge is 0.321 e. The highest BCUT2D eigenvalue weighted by molar-refractivity contribution is 5.98. The Morgan fingerprint density at radius 3 is 2.00 bits per heavy atom. The molecule has 2 rings (SSSR count). The zero-order valence-corrected chi connectivity index (χ0v) is 12.7. The van der Waals surface area contributed by atoms with Crippen molar-refractivity contribution in [1.82, 2.24) is 0 Å². The van der Waals surface area contributed by atoms with Crippen molar-refractivity contribution in [3.05, 3.63) is 65.7 Å². The van der Waals surface area contributed by atoms with Crippen LogP contribution in [0.3, 0.4) is 0 Å². The summed E-state index contributed by atoms with van der Waals surface area (Å²) in [4.78, 5) is 22.4. The molecule has 0 unspecified atom stereocenters. The summed E-state index contributed by atoms with van der Waals surface area (Å²) in [5.74, 6) is -2.06. The maximum absolute atomic E-state index is 11.2. The topological polar surface area (TPSA) is 83.8 Å². The molecule has 5 nitrogen and oxygen atoms in total. The maximum atomic E-state index is 11.2. The summed E-state index contributed by atoms with van der Waals surface area (Å²) in [6.07, 6.45) is -0.0867. The molecule has 5 heteroatoms. The predicted octanol–water partition coefficient (Wildman–Crippen LogP) is 2.98. The Balaban J connectivity index is 2.02. The Morgan fingerprint density at radius 2 is 1.48 bits per heavy atom. The van der Waals surface area contributed by atoms with E-state index in [2.05, 4.69) is 0 Å². The summed E-state index contributed by atoms with van der Waals surface area (Å²) in [5.41, 5.74) is -0.169. The van der Waals surface area contributed by atoms with Crippen LogP contribution in [0, 0.1) is 5.41 Å². The summed E-state index contributed by atoms with van der Waals surface area (Å²) in [6, 6.07) is 16.5. The molecular weight excluding hydrogens is 296 g/mol. The Morgan fingerprint density at radius 1 is 0.913 bits per heavy atom. The second-order valence-electron chi connectivity index (χ2n) is 5.54. The first kappa shape index (κ1) is 16.5. The van der Waals surface area contributed by atoms with E-state index < -0.39 is 17.4 Å². The lowest BCUT2D eigenvalue weighted by Crippen LogP contribution is -2.38. The lowest BCUT2D eigenvalue weighted by molar-refractivity contribution is -0.163. The molecule has 2 N–H and O–H groups in total. The van der Waals surface area contributed by atoms with E-state index in [1.54, 1.807) is 24.3 Å². The van der Waals surface area contributed by atoms with Crippen LogP contribution in [0.5, 0.6) is 5.75 Å². The van der Waals surface area contributed by atoms with Crippen molar-refractivity contribution < 1.29 is 24.5 Å². The Bertz CT molecular complexity index is 662. The molecule has 2 aromatic rings. The lowest BCUT2D eigenvalue weighted by atomic mass is 9.84. The standard InChI is InChI=1S/C18H18O5/c1-18(16(19)20,17(21)22)11-13-7-9-15(10-8-13)23-12-14-5-3-2-4-6-14/h2-10H,11-12H2,1H3,(H,19,20)(H,21,22). The van der Waals surface area contributed by atoms with Crippen LogP contribution in [0.1, 0.15) is 18.1 Å². The fourth-order valence-electron chi connectivity index (χ4n) is 2.10. The molecule has 0 aliphatic rings. The number of aliphatic carboxylic acids is 2. The Labute approximate surface area is 134 Å². The van der Waals surface area contributed by atoms with E-state index in [9.17, 15) is 9.59 Å². The third-order valence-corrected chi connectivity index (χ3v) is 3.67.